The van der Waals surface area contributed by atoms with Crippen LogP contribution in [0.1, 0.15) is 42.9 Å². The Morgan fingerprint density at radius 2 is 2.21 bits per heavy atom. The second kappa shape index (κ2) is 5.61. The van der Waals surface area contributed by atoms with Gasteiger partial charge in [0, 0.05) is 18.7 Å². The highest BCUT2D eigenvalue weighted by molar-refractivity contribution is 5.97. The van der Waals surface area contributed by atoms with Crippen LogP contribution in [0.3, 0.4) is 0 Å². The van der Waals surface area contributed by atoms with Gasteiger partial charge in [0.05, 0.1) is 0 Å². The average Bonchev–Trinajstić information content (AvgIpc) is 2.37. The predicted octanol–water partition coefficient (Wildman–Crippen LogP) is 2.37. The van der Waals surface area contributed by atoms with Gasteiger partial charge in [0.25, 0.3) is 0 Å². The third-order valence-electron chi connectivity index (χ3n) is 4.17. The summed E-state index contributed by atoms with van der Waals surface area (Å²) in [5.41, 5.74) is 9.27. The van der Waals surface area contributed by atoms with E-state index in [9.17, 15) is 0 Å². The molecule has 1 fully saturated rings. The number of benzene rings is 1. The highest BCUT2D eigenvalue weighted by Crippen LogP contribution is 2.39. The molecule has 2 rings (SSSR count). The van der Waals surface area contributed by atoms with E-state index in [1.807, 2.05) is 18.2 Å². The maximum Gasteiger partial charge on any atom is 0.170 e. The predicted molar refractivity (Wildman–Crippen MR) is 77.4 cm³/mol. The Kier molecular flexibility index (Phi) is 4.10. The lowest BCUT2D eigenvalue weighted by molar-refractivity contribution is 0.156. The highest BCUT2D eigenvalue weighted by Gasteiger charge is 2.30. The van der Waals surface area contributed by atoms with E-state index in [1.54, 1.807) is 0 Å². The summed E-state index contributed by atoms with van der Waals surface area (Å²) in [7, 11) is 0. The maximum absolute atomic E-state index is 8.66. The Labute approximate surface area is 114 Å². The van der Waals surface area contributed by atoms with Crippen LogP contribution in [-0.4, -0.2) is 17.6 Å². The Balaban J connectivity index is 1.93. The van der Waals surface area contributed by atoms with Crippen molar-refractivity contribution in [2.24, 2.45) is 16.3 Å². The van der Waals surface area contributed by atoms with E-state index >= 15 is 0 Å². The minimum absolute atomic E-state index is 0.157. The Hall–Kier alpha value is -1.55. The minimum atomic E-state index is 0.157. The van der Waals surface area contributed by atoms with Crippen molar-refractivity contribution in [3.63, 3.8) is 0 Å². The van der Waals surface area contributed by atoms with Crippen molar-refractivity contribution in [3.05, 3.63) is 34.9 Å². The van der Waals surface area contributed by atoms with Gasteiger partial charge >= 0.3 is 0 Å². The summed E-state index contributed by atoms with van der Waals surface area (Å²) < 4.78 is 0. The fraction of sp³-hybridized carbons (Fsp3) is 0.533. The third kappa shape index (κ3) is 3.26. The van der Waals surface area contributed by atoms with E-state index in [4.69, 9.17) is 10.9 Å². The van der Waals surface area contributed by atoms with Crippen LogP contribution in [0.4, 0.5) is 0 Å². The molecular formula is C15H23N3O. The lowest BCUT2D eigenvalue weighted by atomic mass is 9.70. The number of nitrogens with zero attached hydrogens (tertiary/aromatic N) is 1. The van der Waals surface area contributed by atoms with Gasteiger partial charge in [-0.1, -0.05) is 30.6 Å². The molecule has 0 aromatic heterocycles. The zero-order valence-corrected chi connectivity index (χ0v) is 11.7. The Bertz CT molecular complexity index is 478. The monoisotopic (exact) mass is 261 g/mol. The molecule has 1 aromatic rings. The van der Waals surface area contributed by atoms with Crippen molar-refractivity contribution in [2.75, 3.05) is 6.54 Å². The first kappa shape index (κ1) is 13.9. The molecule has 4 nitrogen and oxygen atoms in total. The number of rotatable bonds is 5. The highest BCUT2D eigenvalue weighted by atomic mass is 16.4. The van der Waals surface area contributed by atoms with Crippen molar-refractivity contribution in [2.45, 2.75) is 39.7 Å². The van der Waals surface area contributed by atoms with Gasteiger partial charge in [-0.15, -0.1) is 0 Å². The van der Waals surface area contributed by atoms with Gasteiger partial charge in [0.15, 0.2) is 5.84 Å². The lowest BCUT2D eigenvalue weighted by Gasteiger charge is -2.38. The molecule has 0 unspecified atom stereocenters. The summed E-state index contributed by atoms with van der Waals surface area (Å²) in [6, 6.07) is 5.89. The summed E-state index contributed by atoms with van der Waals surface area (Å²) in [6.07, 6.45) is 4.04. The molecule has 1 aromatic carbocycles. The van der Waals surface area contributed by atoms with Crippen molar-refractivity contribution < 1.29 is 5.21 Å². The quantitative estimate of drug-likeness (QED) is 0.330. The molecule has 1 aliphatic carbocycles. The first-order valence-corrected chi connectivity index (χ1v) is 6.82. The summed E-state index contributed by atoms with van der Waals surface area (Å²) >= 11 is 0. The van der Waals surface area contributed by atoms with E-state index in [-0.39, 0.29) is 5.84 Å². The molecule has 0 amide bonds. The number of hydrogen-bond donors (Lipinski definition) is 3. The summed E-state index contributed by atoms with van der Waals surface area (Å²) in [5.74, 6) is 0.157. The largest absolute Gasteiger partial charge is 0.409 e. The fourth-order valence-electron chi connectivity index (χ4n) is 2.57. The SMILES string of the molecule is Cc1cc(/C(N)=N/O)ccc1CNCC1(C)CCC1. The number of amidine groups is 1. The van der Waals surface area contributed by atoms with E-state index in [0.29, 0.717) is 5.41 Å². The first-order chi connectivity index (χ1) is 9.04. The normalized spacial score (nSPS) is 18.1. The molecule has 4 N–H and O–H groups in total. The number of nitrogens with two attached hydrogens (primary N) is 1. The summed E-state index contributed by atoms with van der Waals surface area (Å²) in [5, 5.41) is 15.2. The number of hydrogen-bond acceptors (Lipinski definition) is 3. The van der Waals surface area contributed by atoms with E-state index in [1.165, 1.54) is 24.8 Å². The van der Waals surface area contributed by atoms with Crippen LogP contribution < -0.4 is 11.1 Å². The molecule has 0 spiro atoms. The van der Waals surface area contributed by atoms with E-state index in [2.05, 4.69) is 24.3 Å². The molecule has 0 heterocycles. The van der Waals surface area contributed by atoms with Gasteiger partial charge in [0.1, 0.15) is 0 Å². The van der Waals surface area contributed by atoms with Crippen LogP contribution in [0.25, 0.3) is 0 Å². The van der Waals surface area contributed by atoms with Gasteiger partial charge < -0.3 is 16.3 Å². The molecule has 1 aliphatic rings. The van der Waals surface area contributed by atoms with Gasteiger partial charge in [-0.05, 0) is 42.4 Å². The molecule has 0 bridgehead atoms. The van der Waals surface area contributed by atoms with Crippen molar-refractivity contribution >= 4 is 5.84 Å². The van der Waals surface area contributed by atoms with Crippen LogP contribution in [0.2, 0.25) is 0 Å². The van der Waals surface area contributed by atoms with Crippen LogP contribution in [0, 0.1) is 12.3 Å². The van der Waals surface area contributed by atoms with E-state index in [0.717, 1.165) is 24.2 Å². The third-order valence-corrected chi connectivity index (χ3v) is 4.17. The number of oxime groups is 1. The molecular weight excluding hydrogens is 238 g/mol. The summed E-state index contributed by atoms with van der Waals surface area (Å²) in [4.78, 5) is 0. The standard InChI is InChI=1S/C15H23N3O/c1-11-8-12(14(16)18-19)4-5-13(11)9-17-10-15(2)6-3-7-15/h4-5,8,17,19H,3,6-7,9-10H2,1-2H3,(H2,16,18). The van der Waals surface area contributed by atoms with Crippen LogP contribution in [-0.2, 0) is 6.54 Å². The van der Waals surface area contributed by atoms with Crippen molar-refractivity contribution in [1.82, 2.24) is 5.32 Å². The molecule has 1 saturated carbocycles. The first-order valence-electron chi connectivity index (χ1n) is 6.82. The van der Waals surface area contributed by atoms with Crippen LogP contribution in [0.15, 0.2) is 23.4 Å². The molecule has 0 saturated heterocycles. The molecule has 4 heteroatoms. The molecule has 104 valence electrons. The second-order valence-electron chi connectivity index (χ2n) is 5.89. The zero-order chi connectivity index (χ0) is 13.9. The zero-order valence-electron chi connectivity index (χ0n) is 11.7. The number of nitrogens with one attached hydrogen (secondary N) is 1. The molecule has 0 radical (unpaired) electrons. The van der Waals surface area contributed by atoms with Crippen LogP contribution in [0.5, 0.6) is 0 Å². The van der Waals surface area contributed by atoms with Crippen molar-refractivity contribution in [3.8, 4) is 0 Å². The van der Waals surface area contributed by atoms with Gasteiger partial charge in [-0.25, -0.2) is 0 Å². The molecule has 19 heavy (non-hydrogen) atoms. The summed E-state index contributed by atoms with van der Waals surface area (Å²) in [6.45, 7) is 6.35. The van der Waals surface area contributed by atoms with Gasteiger partial charge in [-0.2, -0.15) is 0 Å². The lowest BCUT2D eigenvalue weighted by Crippen LogP contribution is -2.37. The smallest absolute Gasteiger partial charge is 0.170 e. The van der Waals surface area contributed by atoms with E-state index < -0.39 is 0 Å². The average molecular weight is 261 g/mol. The van der Waals surface area contributed by atoms with Gasteiger partial charge in [0.2, 0.25) is 0 Å². The molecule has 0 aliphatic heterocycles. The van der Waals surface area contributed by atoms with Crippen LogP contribution >= 0.6 is 0 Å². The fourth-order valence-corrected chi connectivity index (χ4v) is 2.57. The minimum Gasteiger partial charge on any atom is -0.409 e. The topological polar surface area (TPSA) is 70.6 Å². The van der Waals surface area contributed by atoms with Crippen molar-refractivity contribution in [1.29, 1.82) is 0 Å². The Morgan fingerprint density at radius 1 is 1.47 bits per heavy atom. The Morgan fingerprint density at radius 3 is 2.74 bits per heavy atom. The number of aryl methyl sites for hydroxylation is 1. The van der Waals surface area contributed by atoms with Gasteiger partial charge in [-0.3, -0.25) is 0 Å². The molecule has 0 atom stereocenters. The second-order valence-corrected chi connectivity index (χ2v) is 5.89. The maximum atomic E-state index is 8.66.